The average molecular weight is 366 g/mol. The third-order valence-corrected chi connectivity index (χ3v) is 3.99. The normalized spacial score (nSPS) is 12.1. The maximum atomic E-state index is 13.0. The van der Waals surface area contributed by atoms with E-state index in [1.807, 2.05) is 12.1 Å². The summed E-state index contributed by atoms with van der Waals surface area (Å²) in [6, 6.07) is 6.76. The number of carbonyl (C=O) groups is 1. The Labute approximate surface area is 156 Å². The molecule has 1 aromatic carbocycles. The van der Waals surface area contributed by atoms with E-state index in [4.69, 9.17) is 14.9 Å². The molecule has 2 N–H and O–H groups in total. The van der Waals surface area contributed by atoms with Gasteiger partial charge in [-0.3, -0.25) is 4.79 Å². The van der Waals surface area contributed by atoms with Gasteiger partial charge in [-0.15, -0.1) is 0 Å². The van der Waals surface area contributed by atoms with E-state index >= 15 is 0 Å². The predicted octanol–water partition coefficient (Wildman–Crippen LogP) is 4.16. The van der Waals surface area contributed by atoms with Crippen molar-refractivity contribution in [2.24, 2.45) is 5.41 Å². The highest BCUT2D eigenvalue weighted by molar-refractivity contribution is 5.99. The molecular weight excluding hydrogens is 344 g/mol. The van der Waals surface area contributed by atoms with Gasteiger partial charge in [0, 0.05) is 0 Å². The molecule has 3 rings (SSSR count). The van der Waals surface area contributed by atoms with Crippen LogP contribution >= 0.6 is 0 Å². The van der Waals surface area contributed by atoms with Crippen LogP contribution in [0.15, 0.2) is 39.6 Å². The highest BCUT2D eigenvalue weighted by atomic mass is 16.5. The average Bonchev–Trinajstić information content (AvgIpc) is 2.59. The minimum Gasteiger partial charge on any atom is -0.462 e. The van der Waals surface area contributed by atoms with Gasteiger partial charge >= 0.3 is 5.97 Å². The van der Waals surface area contributed by atoms with E-state index in [0.717, 1.165) is 5.56 Å². The van der Waals surface area contributed by atoms with Gasteiger partial charge in [-0.2, -0.15) is 4.98 Å². The molecule has 2 aromatic heterocycles. The minimum absolute atomic E-state index is 0.0268. The number of allylic oxidation sites excluding steroid dienone is 1. The number of pyridine rings is 1. The van der Waals surface area contributed by atoms with Gasteiger partial charge in [0.25, 0.3) is 0 Å². The molecule has 0 saturated carbocycles. The highest BCUT2D eigenvalue weighted by Gasteiger charge is 2.17. The zero-order valence-corrected chi connectivity index (χ0v) is 15.8. The number of nitrogen functional groups attached to an aromatic ring is 1. The Morgan fingerprint density at radius 3 is 2.67 bits per heavy atom. The molecule has 140 valence electrons. The van der Waals surface area contributed by atoms with Gasteiger partial charge in [0.05, 0.1) is 17.4 Å². The zero-order valence-electron chi connectivity index (χ0n) is 15.8. The number of aromatic nitrogens is 1. The molecule has 0 bridgehead atoms. The smallest absolute Gasteiger partial charge is 0.341 e. The van der Waals surface area contributed by atoms with E-state index in [-0.39, 0.29) is 39.9 Å². The lowest BCUT2D eigenvalue weighted by atomic mass is 9.95. The fourth-order valence-electron chi connectivity index (χ4n) is 2.64. The second-order valence-electron chi connectivity index (χ2n) is 7.38. The standard InChI is InChI=1S/C21H22N2O4/c1-5-26-20(25)15-11-14-17(24)13-10-12(8-9-21(2,3)4)6-7-16(13)27-19(14)23-18(15)22/h6-11H,5H2,1-4H3,(H2,22,23)/b9-8+. The van der Waals surface area contributed by atoms with Gasteiger partial charge in [0.1, 0.15) is 17.0 Å². The summed E-state index contributed by atoms with van der Waals surface area (Å²) in [7, 11) is 0. The number of rotatable bonds is 3. The van der Waals surface area contributed by atoms with Crippen LogP contribution in [0.1, 0.15) is 43.6 Å². The maximum absolute atomic E-state index is 13.0. The Balaban J connectivity index is 2.20. The summed E-state index contributed by atoms with van der Waals surface area (Å²) in [6.45, 7) is 8.18. The largest absolute Gasteiger partial charge is 0.462 e. The van der Waals surface area contributed by atoms with Crippen molar-refractivity contribution in [2.75, 3.05) is 12.3 Å². The zero-order chi connectivity index (χ0) is 19.8. The lowest BCUT2D eigenvalue weighted by molar-refractivity contribution is 0.0527. The molecule has 0 unspecified atom stereocenters. The van der Waals surface area contributed by atoms with Crippen LogP contribution in [0.25, 0.3) is 28.1 Å². The first kappa shape index (κ1) is 18.6. The molecule has 0 fully saturated rings. The van der Waals surface area contributed by atoms with Gasteiger partial charge in [-0.1, -0.05) is 39.0 Å². The quantitative estimate of drug-likeness (QED) is 0.552. The number of benzene rings is 1. The van der Waals surface area contributed by atoms with Crippen LogP contribution in [0, 0.1) is 5.41 Å². The van der Waals surface area contributed by atoms with E-state index < -0.39 is 5.97 Å². The van der Waals surface area contributed by atoms with Crippen molar-refractivity contribution in [1.82, 2.24) is 4.98 Å². The Morgan fingerprint density at radius 1 is 1.26 bits per heavy atom. The molecular formula is C21H22N2O4. The predicted molar refractivity (Wildman–Crippen MR) is 107 cm³/mol. The summed E-state index contributed by atoms with van der Waals surface area (Å²) in [6.07, 6.45) is 4.03. The number of anilines is 1. The molecule has 0 aliphatic heterocycles. The maximum Gasteiger partial charge on any atom is 0.341 e. The summed E-state index contributed by atoms with van der Waals surface area (Å²) in [4.78, 5) is 29.1. The number of nitrogens with zero attached hydrogens (tertiary/aromatic N) is 1. The summed E-state index contributed by atoms with van der Waals surface area (Å²) in [5.74, 6) is -0.654. The molecule has 3 aromatic rings. The molecule has 0 aliphatic rings. The monoisotopic (exact) mass is 366 g/mol. The number of ether oxygens (including phenoxy) is 1. The molecule has 0 saturated heterocycles. The van der Waals surface area contributed by atoms with Crippen LogP contribution in [0.4, 0.5) is 5.82 Å². The summed E-state index contributed by atoms with van der Waals surface area (Å²) in [5, 5.41) is 0.608. The minimum atomic E-state index is -0.620. The van der Waals surface area contributed by atoms with Crippen LogP contribution in [0.3, 0.4) is 0 Å². The molecule has 0 amide bonds. The van der Waals surface area contributed by atoms with Gasteiger partial charge < -0.3 is 14.9 Å². The number of hydrogen-bond donors (Lipinski definition) is 1. The molecule has 6 heteroatoms. The first-order chi connectivity index (χ1) is 12.7. The summed E-state index contributed by atoms with van der Waals surface area (Å²) >= 11 is 0. The summed E-state index contributed by atoms with van der Waals surface area (Å²) < 4.78 is 10.7. The van der Waals surface area contributed by atoms with Crippen molar-refractivity contribution < 1.29 is 13.9 Å². The van der Waals surface area contributed by atoms with Gasteiger partial charge in [0.2, 0.25) is 11.1 Å². The van der Waals surface area contributed by atoms with E-state index in [1.54, 1.807) is 19.1 Å². The first-order valence-corrected chi connectivity index (χ1v) is 8.73. The molecule has 0 spiro atoms. The molecule has 0 atom stereocenters. The van der Waals surface area contributed by atoms with Gasteiger partial charge in [0.15, 0.2) is 0 Å². The highest BCUT2D eigenvalue weighted by Crippen LogP contribution is 2.23. The number of fused-ring (bicyclic) bond motifs is 2. The van der Waals surface area contributed by atoms with Gasteiger partial charge in [-0.05, 0) is 36.1 Å². The van der Waals surface area contributed by atoms with Crippen LogP contribution < -0.4 is 11.2 Å². The fourth-order valence-corrected chi connectivity index (χ4v) is 2.64. The Hall–Kier alpha value is -3.15. The number of nitrogens with two attached hydrogens (primary N) is 1. The van der Waals surface area contributed by atoms with Crippen molar-refractivity contribution in [1.29, 1.82) is 0 Å². The second-order valence-corrected chi connectivity index (χ2v) is 7.38. The van der Waals surface area contributed by atoms with Crippen molar-refractivity contribution >= 4 is 39.9 Å². The molecule has 0 aliphatic carbocycles. The van der Waals surface area contributed by atoms with Crippen molar-refractivity contribution in [2.45, 2.75) is 27.7 Å². The Bertz CT molecular complexity index is 1120. The Kier molecular flexibility index (Phi) is 4.74. The first-order valence-electron chi connectivity index (χ1n) is 8.73. The number of esters is 1. The molecule has 2 heterocycles. The van der Waals surface area contributed by atoms with Crippen LogP contribution in [-0.4, -0.2) is 17.6 Å². The van der Waals surface area contributed by atoms with E-state index in [2.05, 4.69) is 31.8 Å². The third kappa shape index (κ3) is 3.84. The van der Waals surface area contributed by atoms with E-state index in [1.165, 1.54) is 6.07 Å². The topological polar surface area (TPSA) is 95.4 Å². The van der Waals surface area contributed by atoms with Crippen LogP contribution in [0.2, 0.25) is 0 Å². The SMILES string of the molecule is CCOC(=O)c1cc2c(=O)c3cc(/C=C/C(C)(C)C)ccc3oc2nc1N. The van der Waals surface area contributed by atoms with E-state index in [9.17, 15) is 9.59 Å². The second kappa shape index (κ2) is 6.87. The van der Waals surface area contributed by atoms with Crippen molar-refractivity contribution in [3.05, 3.63) is 51.7 Å². The number of hydrogen-bond acceptors (Lipinski definition) is 6. The third-order valence-electron chi connectivity index (χ3n) is 3.99. The fraction of sp³-hybridized carbons (Fsp3) is 0.286. The Morgan fingerprint density at radius 2 is 2.00 bits per heavy atom. The molecule has 27 heavy (non-hydrogen) atoms. The lowest BCUT2D eigenvalue weighted by Crippen LogP contribution is -2.12. The van der Waals surface area contributed by atoms with Crippen LogP contribution in [-0.2, 0) is 4.74 Å². The molecule has 0 radical (unpaired) electrons. The van der Waals surface area contributed by atoms with Crippen molar-refractivity contribution in [3.63, 3.8) is 0 Å². The van der Waals surface area contributed by atoms with E-state index in [0.29, 0.717) is 11.0 Å². The van der Waals surface area contributed by atoms with Crippen LogP contribution in [0.5, 0.6) is 0 Å². The summed E-state index contributed by atoms with van der Waals surface area (Å²) in [5.41, 5.74) is 7.04. The number of carbonyl (C=O) groups excluding carboxylic acids is 1. The van der Waals surface area contributed by atoms with Gasteiger partial charge in [-0.25, -0.2) is 4.79 Å². The molecule has 6 nitrogen and oxygen atoms in total. The lowest BCUT2D eigenvalue weighted by Gasteiger charge is -2.11. The van der Waals surface area contributed by atoms with Crippen molar-refractivity contribution in [3.8, 4) is 0 Å².